The average molecular weight is 402 g/mol. The molecule has 1 heteroatoms. The van der Waals surface area contributed by atoms with Crippen LogP contribution >= 0.6 is 0 Å². The van der Waals surface area contributed by atoms with Gasteiger partial charge in [0, 0.05) is 12.7 Å². The number of nitrogens with one attached hydrogen (secondary N) is 1. The Hall–Kier alpha value is -2.54. The van der Waals surface area contributed by atoms with Crippen molar-refractivity contribution in [1.82, 2.24) is 5.32 Å². The Morgan fingerprint density at radius 3 is 2.33 bits per heavy atom. The van der Waals surface area contributed by atoms with Gasteiger partial charge in [-0.3, -0.25) is 0 Å². The Bertz CT molecular complexity index is 896. The summed E-state index contributed by atoms with van der Waals surface area (Å²) in [4.78, 5) is 0. The van der Waals surface area contributed by atoms with Gasteiger partial charge in [0.25, 0.3) is 0 Å². The van der Waals surface area contributed by atoms with Crippen LogP contribution in [-0.2, 0) is 12.8 Å². The van der Waals surface area contributed by atoms with Gasteiger partial charge in [0.1, 0.15) is 0 Å². The Kier molecular flexibility index (Phi) is 9.17. The minimum absolute atomic E-state index is 0.567. The largest absolute Gasteiger partial charge is 0.391 e. The molecule has 1 nitrogen and oxygen atoms in total. The molecule has 0 spiro atoms. The van der Waals surface area contributed by atoms with Crippen molar-refractivity contribution in [2.75, 3.05) is 7.05 Å². The van der Waals surface area contributed by atoms with E-state index in [1.54, 1.807) is 11.1 Å². The highest BCUT2D eigenvalue weighted by molar-refractivity contribution is 5.80. The molecular formula is C29H39N. The van der Waals surface area contributed by atoms with Crippen molar-refractivity contribution in [2.24, 2.45) is 5.92 Å². The van der Waals surface area contributed by atoms with E-state index >= 15 is 0 Å². The molecular weight excluding hydrogens is 362 g/mol. The van der Waals surface area contributed by atoms with Gasteiger partial charge in [-0.1, -0.05) is 80.6 Å². The van der Waals surface area contributed by atoms with Crippen molar-refractivity contribution >= 4 is 11.6 Å². The van der Waals surface area contributed by atoms with Gasteiger partial charge >= 0.3 is 0 Å². The summed E-state index contributed by atoms with van der Waals surface area (Å²) in [5.74, 6) is 0.567. The standard InChI is InChI=1S/C20H29N.C9H10/c1-6-14(3)20(15(4)21-5)19(7-2)18-12-11-16-9-8-10-17(16)13-18;1-3-9-6-4-8(2)5-7-9/h7,11-14,21H,6,8-10H2,1-5H3;3-7H,1H2,2H3/b19-7-,20-15+;. The Morgan fingerprint density at radius 2 is 1.77 bits per heavy atom. The Morgan fingerprint density at radius 1 is 1.10 bits per heavy atom. The second kappa shape index (κ2) is 11.6. The molecule has 1 atom stereocenters. The number of hydrogen-bond donors (Lipinski definition) is 1. The third-order valence-corrected chi connectivity index (χ3v) is 6.19. The van der Waals surface area contributed by atoms with Crippen LogP contribution in [0.3, 0.4) is 0 Å². The first kappa shape index (κ1) is 23.7. The Labute approximate surface area is 184 Å². The van der Waals surface area contributed by atoms with E-state index in [0.29, 0.717) is 5.92 Å². The van der Waals surface area contributed by atoms with Crippen molar-refractivity contribution in [2.45, 2.75) is 60.3 Å². The molecule has 30 heavy (non-hydrogen) atoms. The maximum atomic E-state index is 3.66. The maximum absolute atomic E-state index is 3.66. The van der Waals surface area contributed by atoms with E-state index in [0.717, 1.165) is 6.42 Å². The van der Waals surface area contributed by atoms with Gasteiger partial charge in [-0.05, 0) is 85.8 Å². The molecule has 0 bridgehead atoms. The number of hydrogen-bond acceptors (Lipinski definition) is 1. The summed E-state index contributed by atoms with van der Waals surface area (Å²) in [5.41, 5.74) is 11.1. The van der Waals surface area contributed by atoms with Crippen LogP contribution in [0, 0.1) is 12.8 Å². The molecule has 0 aromatic heterocycles. The van der Waals surface area contributed by atoms with Crippen LogP contribution in [-0.4, -0.2) is 7.05 Å². The quantitative estimate of drug-likeness (QED) is 0.488. The lowest BCUT2D eigenvalue weighted by Gasteiger charge is -2.22. The number of allylic oxidation sites excluding steroid dienone is 4. The summed E-state index contributed by atoms with van der Waals surface area (Å²) in [6, 6.07) is 15.3. The van der Waals surface area contributed by atoms with E-state index in [9.17, 15) is 0 Å². The second-order valence-corrected chi connectivity index (χ2v) is 8.25. The molecule has 3 rings (SSSR count). The third-order valence-electron chi connectivity index (χ3n) is 6.19. The summed E-state index contributed by atoms with van der Waals surface area (Å²) < 4.78 is 0. The lowest BCUT2D eigenvalue weighted by atomic mass is 9.85. The highest BCUT2D eigenvalue weighted by Crippen LogP contribution is 2.34. The highest BCUT2D eigenvalue weighted by atomic mass is 14.8. The molecule has 0 fully saturated rings. The van der Waals surface area contributed by atoms with Gasteiger partial charge in [0.05, 0.1) is 0 Å². The normalized spacial score (nSPS) is 14.8. The van der Waals surface area contributed by atoms with Crippen LogP contribution in [0.5, 0.6) is 0 Å². The SMILES string of the molecule is C/C=C(\C(=C(/C)NC)C(C)CC)c1ccc2c(c1)CCC2.C=Cc1ccc(C)cc1. The molecule has 0 amide bonds. The van der Waals surface area contributed by atoms with Crippen molar-refractivity contribution < 1.29 is 0 Å². The fourth-order valence-corrected chi connectivity index (χ4v) is 4.10. The molecule has 1 N–H and O–H groups in total. The smallest absolute Gasteiger partial charge is 0.0114 e. The molecule has 1 unspecified atom stereocenters. The maximum Gasteiger partial charge on any atom is 0.0114 e. The predicted octanol–water partition coefficient (Wildman–Crippen LogP) is 7.76. The van der Waals surface area contributed by atoms with Crippen LogP contribution in [0.2, 0.25) is 0 Å². The minimum atomic E-state index is 0.567. The van der Waals surface area contributed by atoms with E-state index in [1.165, 1.54) is 52.8 Å². The van der Waals surface area contributed by atoms with Gasteiger partial charge < -0.3 is 5.32 Å². The van der Waals surface area contributed by atoms with E-state index < -0.39 is 0 Å². The lowest BCUT2D eigenvalue weighted by molar-refractivity contribution is 0.659. The van der Waals surface area contributed by atoms with Gasteiger partial charge in [-0.15, -0.1) is 0 Å². The van der Waals surface area contributed by atoms with E-state index in [-0.39, 0.29) is 0 Å². The first-order valence-corrected chi connectivity index (χ1v) is 11.3. The number of fused-ring (bicyclic) bond motifs is 1. The predicted molar refractivity (Wildman–Crippen MR) is 135 cm³/mol. The van der Waals surface area contributed by atoms with Gasteiger partial charge in [0.2, 0.25) is 0 Å². The molecule has 0 radical (unpaired) electrons. The monoisotopic (exact) mass is 401 g/mol. The van der Waals surface area contributed by atoms with Crippen molar-refractivity contribution in [1.29, 1.82) is 0 Å². The molecule has 2 aromatic rings. The fourth-order valence-electron chi connectivity index (χ4n) is 4.10. The first-order chi connectivity index (χ1) is 14.4. The van der Waals surface area contributed by atoms with Gasteiger partial charge in [-0.25, -0.2) is 0 Å². The second-order valence-electron chi connectivity index (χ2n) is 8.25. The summed E-state index contributed by atoms with van der Waals surface area (Å²) in [5, 5.41) is 3.36. The zero-order chi connectivity index (χ0) is 22.1. The summed E-state index contributed by atoms with van der Waals surface area (Å²) >= 11 is 0. The van der Waals surface area contributed by atoms with Crippen LogP contribution in [0.1, 0.15) is 68.4 Å². The summed E-state index contributed by atoms with van der Waals surface area (Å²) in [6.07, 6.45) is 9.10. The summed E-state index contributed by atoms with van der Waals surface area (Å²) in [6.45, 7) is 14.7. The lowest BCUT2D eigenvalue weighted by Crippen LogP contribution is -2.12. The topological polar surface area (TPSA) is 12.0 Å². The number of benzene rings is 2. The average Bonchev–Trinajstić information content (AvgIpc) is 3.25. The molecule has 0 heterocycles. The van der Waals surface area contributed by atoms with E-state index in [4.69, 9.17) is 0 Å². The van der Waals surface area contributed by atoms with Crippen LogP contribution < -0.4 is 5.32 Å². The third kappa shape index (κ3) is 5.98. The molecule has 0 aliphatic heterocycles. The van der Waals surface area contributed by atoms with Crippen molar-refractivity contribution in [3.63, 3.8) is 0 Å². The minimum Gasteiger partial charge on any atom is -0.391 e. The number of rotatable bonds is 6. The Balaban J connectivity index is 0.000000297. The van der Waals surface area contributed by atoms with Gasteiger partial charge in [-0.2, -0.15) is 0 Å². The first-order valence-electron chi connectivity index (χ1n) is 11.3. The van der Waals surface area contributed by atoms with Crippen molar-refractivity contribution in [3.8, 4) is 0 Å². The van der Waals surface area contributed by atoms with Crippen molar-refractivity contribution in [3.05, 3.63) is 94.2 Å². The fraction of sp³-hybridized carbons (Fsp3) is 0.379. The zero-order valence-corrected chi connectivity index (χ0v) is 19.8. The molecule has 160 valence electrons. The molecule has 1 aliphatic carbocycles. The van der Waals surface area contributed by atoms with E-state index in [2.05, 4.69) is 95.1 Å². The van der Waals surface area contributed by atoms with E-state index in [1.807, 2.05) is 13.1 Å². The molecule has 2 aromatic carbocycles. The molecule has 0 saturated heterocycles. The highest BCUT2D eigenvalue weighted by Gasteiger charge is 2.18. The summed E-state index contributed by atoms with van der Waals surface area (Å²) in [7, 11) is 2.02. The van der Waals surface area contributed by atoms with Gasteiger partial charge in [0.15, 0.2) is 0 Å². The zero-order valence-electron chi connectivity index (χ0n) is 19.8. The van der Waals surface area contributed by atoms with Crippen LogP contribution in [0.25, 0.3) is 11.6 Å². The molecule has 0 saturated carbocycles. The van der Waals surface area contributed by atoms with Crippen LogP contribution in [0.15, 0.2) is 66.4 Å². The molecule has 1 aliphatic rings. The number of aryl methyl sites for hydroxylation is 3. The van der Waals surface area contributed by atoms with Crippen LogP contribution in [0.4, 0.5) is 0 Å².